The molecule has 0 saturated carbocycles. The fourth-order valence-electron chi connectivity index (χ4n) is 2.25. The maximum atomic E-state index is 5.50. The summed E-state index contributed by atoms with van der Waals surface area (Å²) in [6.45, 7) is 3.49. The van der Waals surface area contributed by atoms with Crippen molar-refractivity contribution in [3.63, 3.8) is 0 Å². The Balaban J connectivity index is 2.00. The van der Waals surface area contributed by atoms with Gasteiger partial charge in [0.05, 0.1) is 10.2 Å². The Hall–Kier alpha value is -1.40. The van der Waals surface area contributed by atoms with E-state index in [1.807, 2.05) is 0 Å². The van der Waals surface area contributed by atoms with Crippen molar-refractivity contribution in [3.8, 4) is 0 Å². The summed E-state index contributed by atoms with van der Waals surface area (Å²) in [5.41, 5.74) is 6.53. The molecule has 0 radical (unpaired) electrons. The van der Waals surface area contributed by atoms with Crippen LogP contribution in [-0.2, 0) is 0 Å². The van der Waals surface area contributed by atoms with Crippen LogP contribution in [0.3, 0.4) is 0 Å². The first-order valence-electron chi connectivity index (χ1n) is 6.32. The predicted molar refractivity (Wildman–Crippen MR) is 76.4 cm³/mol. The maximum absolute atomic E-state index is 5.50. The topological polar surface area (TPSA) is 67.1 Å². The zero-order valence-corrected chi connectivity index (χ0v) is 11.0. The van der Waals surface area contributed by atoms with Gasteiger partial charge in [-0.05, 0) is 24.3 Å². The predicted octanol–water partition coefficient (Wildman–Crippen LogP) is 1.66. The lowest BCUT2D eigenvalue weighted by atomic mass is 10.4. The molecule has 3 heterocycles. The minimum atomic E-state index is 0.587. The van der Waals surface area contributed by atoms with Gasteiger partial charge in [0.15, 0.2) is 5.82 Å². The molecule has 1 fully saturated rings. The van der Waals surface area contributed by atoms with Crippen molar-refractivity contribution in [1.82, 2.24) is 9.97 Å². The van der Waals surface area contributed by atoms with Crippen LogP contribution >= 0.6 is 11.3 Å². The molecule has 0 atom stereocenters. The molecular weight excluding hydrogens is 246 g/mol. The van der Waals surface area contributed by atoms with E-state index in [0.717, 1.165) is 24.4 Å². The van der Waals surface area contributed by atoms with E-state index in [0.29, 0.717) is 19.0 Å². The average molecular weight is 263 g/mol. The van der Waals surface area contributed by atoms with Crippen LogP contribution in [0.5, 0.6) is 0 Å². The van der Waals surface area contributed by atoms with Gasteiger partial charge in [-0.3, -0.25) is 0 Å². The highest BCUT2D eigenvalue weighted by molar-refractivity contribution is 7.17. The molecule has 6 heteroatoms. The van der Waals surface area contributed by atoms with Crippen LogP contribution < -0.4 is 16.0 Å². The first-order chi connectivity index (χ1) is 8.88. The summed E-state index contributed by atoms with van der Waals surface area (Å²) < 4.78 is 1.19. The summed E-state index contributed by atoms with van der Waals surface area (Å²) in [4.78, 5) is 11.5. The van der Waals surface area contributed by atoms with Crippen molar-refractivity contribution in [3.05, 3.63) is 11.4 Å². The Kier molecular flexibility index (Phi) is 3.29. The number of hydrogen-bond donors (Lipinski definition) is 2. The summed E-state index contributed by atoms with van der Waals surface area (Å²) in [6, 6.07) is 2.05. The van der Waals surface area contributed by atoms with Crippen molar-refractivity contribution in [2.24, 2.45) is 5.73 Å². The van der Waals surface area contributed by atoms with Crippen molar-refractivity contribution >= 4 is 33.3 Å². The van der Waals surface area contributed by atoms with E-state index in [1.165, 1.54) is 17.5 Å². The monoisotopic (exact) mass is 263 g/mol. The highest BCUT2D eigenvalue weighted by atomic mass is 32.1. The van der Waals surface area contributed by atoms with Crippen molar-refractivity contribution in [2.75, 3.05) is 36.4 Å². The van der Waals surface area contributed by atoms with Crippen LogP contribution in [-0.4, -0.2) is 36.1 Å². The van der Waals surface area contributed by atoms with Gasteiger partial charge in [0.2, 0.25) is 5.95 Å². The molecule has 2 aromatic heterocycles. The number of hydrogen-bond acceptors (Lipinski definition) is 6. The van der Waals surface area contributed by atoms with Gasteiger partial charge in [0.1, 0.15) is 0 Å². The minimum Gasteiger partial charge on any atom is -0.355 e. The van der Waals surface area contributed by atoms with Crippen LogP contribution in [0.4, 0.5) is 11.8 Å². The van der Waals surface area contributed by atoms with E-state index >= 15 is 0 Å². The molecule has 18 heavy (non-hydrogen) atoms. The van der Waals surface area contributed by atoms with Crippen LogP contribution in [0, 0.1) is 0 Å². The van der Waals surface area contributed by atoms with E-state index in [1.54, 1.807) is 11.3 Å². The third-order valence-corrected chi connectivity index (χ3v) is 4.02. The lowest BCUT2D eigenvalue weighted by molar-refractivity contribution is 0.933. The van der Waals surface area contributed by atoms with Gasteiger partial charge in [0, 0.05) is 26.2 Å². The van der Waals surface area contributed by atoms with Crippen molar-refractivity contribution in [2.45, 2.75) is 12.8 Å². The Bertz CT molecular complexity index is 532. The Morgan fingerprint density at radius 3 is 2.94 bits per heavy atom. The molecule has 3 N–H and O–H groups in total. The van der Waals surface area contributed by atoms with E-state index < -0.39 is 0 Å². The van der Waals surface area contributed by atoms with Gasteiger partial charge in [-0.15, -0.1) is 11.3 Å². The smallest absolute Gasteiger partial charge is 0.225 e. The first-order valence-corrected chi connectivity index (χ1v) is 7.20. The van der Waals surface area contributed by atoms with Gasteiger partial charge in [0.25, 0.3) is 0 Å². The molecule has 5 nitrogen and oxygen atoms in total. The molecule has 1 saturated heterocycles. The molecule has 0 amide bonds. The summed E-state index contributed by atoms with van der Waals surface area (Å²) in [6.07, 6.45) is 2.50. The van der Waals surface area contributed by atoms with E-state index in [-0.39, 0.29) is 0 Å². The maximum Gasteiger partial charge on any atom is 0.225 e. The van der Waals surface area contributed by atoms with Gasteiger partial charge >= 0.3 is 0 Å². The Morgan fingerprint density at radius 1 is 1.33 bits per heavy atom. The van der Waals surface area contributed by atoms with E-state index in [2.05, 4.69) is 31.6 Å². The molecule has 96 valence electrons. The molecule has 0 spiro atoms. The SMILES string of the molecule is NCCNc1nc(N2CCCC2)c2sccc2n1. The molecular formula is C12H17N5S. The molecule has 0 unspecified atom stereocenters. The zero-order chi connectivity index (χ0) is 12.4. The second-order valence-corrected chi connectivity index (χ2v) is 5.33. The fraction of sp³-hybridized carbons (Fsp3) is 0.500. The zero-order valence-electron chi connectivity index (χ0n) is 10.2. The molecule has 0 aromatic carbocycles. The number of fused-ring (bicyclic) bond motifs is 1. The van der Waals surface area contributed by atoms with Crippen LogP contribution in [0.25, 0.3) is 10.2 Å². The molecule has 1 aliphatic rings. The van der Waals surface area contributed by atoms with Gasteiger partial charge in [-0.1, -0.05) is 0 Å². The number of aromatic nitrogens is 2. The molecule has 0 bridgehead atoms. The normalized spacial score (nSPS) is 15.5. The summed E-state index contributed by atoms with van der Waals surface area (Å²) in [5, 5.41) is 5.25. The molecule has 1 aliphatic heterocycles. The van der Waals surface area contributed by atoms with Crippen molar-refractivity contribution < 1.29 is 0 Å². The highest BCUT2D eigenvalue weighted by Gasteiger charge is 2.18. The number of nitrogens with zero attached hydrogens (tertiary/aromatic N) is 3. The quantitative estimate of drug-likeness (QED) is 0.878. The van der Waals surface area contributed by atoms with E-state index in [9.17, 15) is 0 Å². The van der Waals surface area contributed by atoms with Crippen LogP contribution in [0.1, 0.15) is 12.8 Å². The second-order valence-electron chi connectivity index (χ2n) is 4.42. The lowest BCUT2D eigenvalue weighted by Crippen LogP contribution is -2.21. The minimum absolute atomic E-state index is 0.587. The second kappa shape index (κ2) is 5.07. The number of rotatable bonds is 4. The van der Waals surface area contributed by atoms with Crippen LogP contribution in [0.15, 0.2) is 11.4 Å². The number of nitrogens with two attached hydrogens (primary N) is 1. The Labute approximate surface area is 110 Å². The molecule has 2 aromatic rings. The Morgan fingerprint density at radius 2 is 2.17 bits per heavy atom. The third kappa shape index (κ3) is 2.13. The van der Waals surface area contributed by atoms with Gasteiger partial charge in [-0.25, -0.2) is 4.98 Å². The molecule has 0 aliphatic carbocycles. The van der Waals surface area contributed by atoms with Gasteiger partial charge < -0.3 is 16.0 Å². The number of thiophene rings is 1. The standard InChI is InChI=1S/C12H17N5S/c13-4-5-14-12-15-9-3-8-18-10(9)11(16-12)17-6-1-2-7-17/h3,8H,1-2,4-7,13H2,(H,14,15,16). The third-order valence-electron chi connectivity index (χ3n) is 3.12. The number of nitrogens with one attached hydrogen (secondary N) is 1. The highest BCUT2D eigenvalue weighted by Crippen LogP contribution is 2.31. The molecule has 3 rings (SSSR count). The summed E-state index contributed by atoms with van der Waals surface area (Å²) in [5.74, 6) is 1.76. The number of anilines is 2. The van der Waals surface area contributed by atoms with E-state index in [4.69, 9.17) is 5.73 Å². The largest absolute Gasteiger partial charge is 0.355 e. The fourth-order valence-corrected chi connectivity index (χ4v) is 3.10. The first kappa shape index (κ1) is 11.7. The van der Waals surface area contributed by atoms with Crippen LogP contribution in [0.2, 0.25) is 0 Å². The lowest BCUT2D eigenvalue weighted by Gasteiger charge is -2.17. The van der Waals surface area contributed by atoms with Crippen molar-refractivity contribution in [1.29, 1.82) is 0 Å². The summed E-state index contributed by atoms with van der Waals surface area (Å²) in [7, 11) is 0. The average Bonchev–Trinajstić information content (AvgIpc) is 3.05. The summed E-state index contributed by atoms with van der Waals surface area (Å²) >= 11 is 1.71. The van der Waals surface area contributed by atoms with Gasteiger partial charge in [-0.2, -0.15) is 4.98 Å².